The number of aryl methyl sites for hydroxylation is 1. The highest BCUT2D eigenvalue weighted by molar-refractivity contribution is 5.94. The van der Waals surface area contributed by atoms with Gasteiger partial charge in [-0.2, -0.15) is 0 Å². The summed E-state index contributed by atoms with van der Waals surface area (Å²) in [5.41, 5.74) is 3.30. The van der Waals surface area contributed by atoms with E-state index in [1.165, 1.54) is 12.7 Å². The van der Waals surface area contributed by atoms with Gasteiger partial charge in [0, 0.05) is 12.1 Å². The molecule has 2 aromatic rings. The van der Waals surface area contributed by atoms with E-state index in [0.29, 0.717) is 29.2 Å². The fraction of sp³-hybridized carbons (Fsp3) is 0.333. The molecule has 0 fully saturated rings. The first kappa shape index (κ1) is 18.8. The summed E-state index contributed by atoms with van der Waals surface area (Å²) in [5.74, 6) is 0.987. The Morgan fingerprint density at radius 3 is 2.52 bits per heavy atom. The number of esters is 1. The third kappa shape index (κ3) is 4.05. The molecule has 142 valence electrons. The molecule has 0 aliphatic heterocycles. The standard InChI is InChI=1S/C21H23NO5/c1-25-18-10-13-7-8-14(17(13)12-19(18)26-2)11-20(23)22-16-6-4-5-15(9-16)21(24)27-3/h4-6,9-10,12,14H,7-8,11H2,1-3H3,(H,22,23). The summed E-state index contributed by atoms with van der Waals surface area (Å²) < 4.78 is 15.5. The van der Waals surface area contributed by atoms with Crippen molar-refractivity contribution in [2.75, 3.05) is 26.6 Å². The fourth-order valence-electron chi connectivity index (χ4n) is 3.51. The Morgan fingerprint density at radius 2 is 1.81 bits per heavy atom. The lowest BCUT2D eigenvalue weighted by molar-refractivity contribution is -0.116. The van der Waals surface area contributed by atoms with Crippen molar-refractivity contribution in [3.05, 3.63) is 53.1 Å². The Morgan fingerprint density at radius 1 is 1.07 bits per heavy atom. The summed E-state index contributed by atoms with van der Waals surface area (Å²) in [6, 6.07) is 10.7. The third-order valence-electron chi connectivity index (χ3n) is 4.85. The van der Waals surface area contributed by atoms with Crippen molar-refractivity contribution in [3.63, 3.8) is 0 Å². The Hall–Kier alpha value is -3.02. The number of fused-ring (bicyclic) bond motifs is 1. The van der Waals surface area contributed by atoms with Crippen molar-refractivity contribution in [2.45, 2.75) is 25.2 Å². The van der Waals surface area contributed by atoms with Crippen LogP contribution in [0.2, 0.25) is 0 Å². The van der Waals surface area contributed by atoms with Crippen molar-refractivity contribution < 1.29 is 23.8 Å². The predicted molar refractivity (Wildman–Crippen MR) is 102 cm³/mol. The number of carbonyl (C=O) groups is 2. The lowest BCUT2D eigenvalue weighted by atomic mass is 9.97. The smallest absolute Gasteiger partial charge is 0.337 e. The number of hydrogen-bond acceptors (Lipinski definition) is 5. The van der Waals surface area contributed by atoms with Crippen LogP contribution in [0.25, 0.3) is 0 Å². The first-order chi connectivity index (χ1) is 13.0. The number of rotatable bonds is 6. The van der Waals surface area contributed by atoms with E-state index in [9.17, 15) is 9.59 Å². The molecule has 0 bridgehead atoms. The van der Waals surface area contributed by atoms with E-state index in [0.717, 1.165) is 18.4 Å². The summed E-state index contributed by atoms with van der Waals surface area (Å²) in [5, 5.41) is 2.87. The zero-order valence-corrected chi connectivity index (χ0v) is 15.7. The SMILES string of the molecule is COC(=O)c1cccc(NC(=O)CC2CCc3cc(OC)c(OC)cc32)c1. The monoisotopic (exact) mass is 369 g/mol. The minimum Gasteiger partial charge on any atom is -0.493 e. The van der Waals surface area contributed by atoms with Crippen LogP contribution in [0.5, 0.6) is 11.5 Å². The summed E-state index contributed by atoms with van der Waals surface area (Å²) in [6.07, 6.45) is 2.18. The summed E-state index contributed by atoms with van der Waals surface area (Å²) in [4.78, 5) is 24.1. The van der Waals surface area contributed by atoms with Gasteiger partial charge in [-0.25, -0.2) is 4.79 Å². The molecule has 1 unspecified atom stereocenters. The zero-order chi connectivity index (χ0) is 19.4. The molecule has 0 saturated carbocycles. The van der Waals surface area contributed by atoms with Gasteiger partial charge in [-0.15, -0.1) is 0 Å². The highest BCUT2D eigenvalue weighted by Crippen LogP contribution is 2.41. The Kier molecular flexibility index (Phi) is 5.64. The summed E-state index contributed by atoms with van der Waals surface area (Å²) in [7, 11) is 4.55. The molecule has 27 heavy (non-hydrogen) atoms. The van der Waals surface area contributed by atoms with Crippen LogP contribution in [-0.4, -0.2) is 33.2 Å². The van der Waals surface area contributed by atoms with Crippen LogP contribution in [0, 0.1) is 0 Å². The number of ether oxygens (including phenoxy) is 3. The van der Waals surface area contributed by atoms with E-state index in [-0.39, 0.29) is 11.8 Å². The van der Waals surface area contributed by atoms with Gasteiger partial charge in [0.25, 0.3) is 0 Å². The van der Waals surface area contributed by atoms with E-state index in [2.05, 4.69) is 5.32 Å². The van der Waals surface area contributed by atoms with Crippen LogP contribution in [0.1, 0.15) is 40.2 Å². The number of amides is 1. The minimum atomic E-state index is -0.433. The van der Waals surface area contributed by atoms with Gasteiger partial charge in [0.2, 0.25) is 5.91 Å². The van der Waals surface area contributed by atoms with E-state index in [4.69, 9.17) is 14.2 Å². The van der Waals surface area contributed by atoms with Crippen molar-refractivity contribution >= 4 is 17.6 Å². The Labute approximate surface area is 158 Å². The summed E-state index contributed by atoms with van der Waals surface area (Å²) >= 11 is 0. The average Bonchev–Trinajstić information content (AvgIpc) is 3.07. The molecule has 1 atom stereocenters. The van der Waals surface area contributed by atoms with Crippen LogP contribution >= 0.6 is 0 Å². The van der Waals surface area contributed by atoms with Crippen LogP contribution in [-0.2, 0) is 16.0 Å². The number of benzene rings is 2. The van der Waals surface area contributed by atoms with Crippen molar-refractivity contribution in [3.8, 4) is 11.5 Å². The van der Waals surface area contributed by atoms with Gasteiger partial charge in [0.05, 0.1) is 26.9 Å². The number of carbonyl (C=O) groups excluding carboxylic acids is 2. The van der Waals surface area contributed by atoms with Gasteiger partial charge in [-0.1, -0.05) is 6.07 Å². The molecule has 6 nitrogen and oxygen atoms in total. The van der Waals surface area contributed by atoms with E-state index in [1.807, 2.05) is 12.1 Å². The van der Waals surface area contributed by atoms with E-state index >= 15 is 0 Å². The quantitative estimate of drug-likeness (QED) is 0.788. The van der Waals surface area contributed by atoms with Crippen molar-refractivity contribution in [1.29, 1.82) is 0 Å². The van der Waals surface area contributed by atoms with Gasteiger partial charge in [0.1, 0.15) is 0 Å². The maximum atomic E-state index is 12.5. The van der Waals surface area contributed by atoms with Crippen molar-refractivity contribution in [2.24, 2.45) is 0 Å². The molecular formula is C21H23NO5. The Balaban J connectivity index is 1.71. The van der Waals surface area contributed by atoms with Crippen LogP contribution in [0.15, 0.2) is 36.4 Å². The third-order valence-corrected chi connectivity index (χ3v) is 4.85. The predicted octanol–water partition coefficient (Wildman–Crippen LogP) is 3.55. The topological polar surface area (TPSA) is 73.9 Å². The van der Waals surface area contributed by atoms with Gasteiger partial charge >= 0.3 is 5.97 Å². The van der Waals surface area contributed by atoms with Crippen molar-refractivity contribution in [1.82, 2.24) is 0 Å². The first-order valence-corrected chi connectivity index (χ1v) is 8.78. The molecule has 6 heteroatoms. The fourth-order valence-corrected chi connectivity index (χ4v) is 3.51. The van der Waals surface area contributed by atoms with Crippen LogP contribution < -0.4 is 14.8 Å². The summed E-state index contributed by atoms with van der Waals surface area (Å²) in [6.45, 7) is 0. The second-order valence-electron chi connectivity index (χ2n) is 6.47. The van der Waals surface area contributed by atoms with Gasteiger partial charge in [-0.3, -0.25) is 4.79 Å². The van der Waals surface area contributed by atoms with Crippen LogP contribution in [0.4, 0.5) is 5.69 Å². The van der Waals surface area contributed by atoms with E-state index in [1.54, 1.807) is 38.5 Å². The lowest BCUT2D eigenvalue weighted by Crippen LogP contribution is -2.15. The molecule has 3 rings (SSSR count). The molecule has 1 aliphatic rings. The molecular weight excluding hydrogens is 346 g/mol. The second kappa shape index (κ2) is 8.12. The minimum absolute atomic E-state index is 0.0929. The molecule has 0 spiro atoms. The lowest BCUT2D eigenvalue weighted by Gasteiger charge is -2.15. The van der Waals surface area contributed by atoms with Gasteiger partial charge in [0.15, 0.2) is 11.5 Å². The molecule has 1 amide bonds. The van der Waals surface area contributed by atoms with Gasteiger partial charge in [-0.05, 0) is 60.2 Å². The normalized spacial score (nSPS) is 15.0. The second-order valence-corrected chi connectivity index (χ2v) is 6.47. The maximum Gasteiger partial charge on any atom is 0.337 e. The van der Waals surface area contributed by atoms with E-state index < -0.39 is 5.97 Å². The molecule has 0 aromatic heterocycles. The number of hydrogen-bond donors (Lipinski definition) is 1. The number of nitrogens with one attached hydrogen (secondary N) is 1. The molecule has 0 heterocycles. The molecule has 1 aliphatic carbocycles. The van der Waals surface area contributed by atoms with Gasteiger partial charge < -0.3 is 19.5 Å². The highest BCUT2D eigenvalue weighted by atomic mass is 16.5. The number of anilines is 1. The number of methoxy groups -OCH3 is 3. The molecule has 0 saturated heterocycles. The van der Waals surface area contributed by atoms with Crippen LogP contribution in [0.3, 0.4) is 0 Å². The highest BCUT2D eigenvalue weighted by Gasteiger charge is 2.27. The first-order valence-electron chi connectivity index (χ1n) is 8.78. The largest absolute Gasteiger partial charge is 0.493 e. The molecule has 1 N–H and O–H groups in total. The maximum absolute atomic E-state index is 12.5. The molecule has 2 aromatic carbocycles. The average molecular weight is 369 g/mol. The zero-order valence-electron chi connectivity index (χ0n) is 15.7. The Bertz CT molecular complexity index is 862. The molecule has 0 radical (unpaired) electrons.